The normalized spacial score (nSPS) is 40.7. The zero-order chi connectivity index (χ0) is 12.6. The molecule has 3 fully saturated rings. The molecule has 2 nitrogen and oxygen atoms in total. The van der Waals surface area contributed by atoms with Gasteiger partial charge in [0.15, 0.2) is 0 Å². The highest BCUT2D eigenvalue weighted by Crippen LogP contribution is 2.39. The first-order valence-electron chi connectivity index (χ1n) is 8.02. The van der Waals surface area contributed by atoms with Gasteiger partial charge in [0, 0.05) is 18.7 Å². The van der Waals surface area contributed by atoms with Crippen LogP contribution in [0.3, 0.4) is 0 Å². The second kappa shape index (κ2) is 5.13. The molecule has 3 rings (SSSR count). The van der Waals surface area contributed by atoms with E-state index in [4.69, 9.17) is 4.74 Å². The third-order valence-electron chi connectivity index (χ3n) is 5.25. The molecule has 0 bridgehead atoms. The van der Waals surface area contributed by atoms with Gasteiger partial charge in [-0.1, -0.05) is 20.3 Å². The van der Waals surface area contributed by atoms with Gasteiger partial charge in [-0.15, -0.1) is 0 Å². The van der Waals surface area contributed by atoms with Gasteiger partial charge in [0.2, 0.25) is 0 Å². The highest BCUT2D eigenvalue weighted by atomic mass is 16.5. The standard InChI is InChI=1S/C16H29NO/c1-16(2)9-3-4-13(7-10-16)17-14-8-11-18-15(14)12-5-6-12/h12-15,17H,3-11H2,1-2H3. The molecule has 0 aromatic carbocycles. The summed E-state index contributed by atoms with van der Waals surface area (Å²) in [5.41, 5.74) is 0.568. The number of hydrogen-bond donors (Lipinski definition) is 1. The van der Waals surface area contributed by atoms with Crippen molar-refractivity contribution in [1.29, 1.82) is 0 Å². The van der Waals surface area contributed by atoms with E-state index < -0.39 is 0 Å². The summed E-state index contributed by atoms with van der Waals surface area (Å²) in [5.74, 6) is 0.882. The molecule has 2 saturated carbocycles. The lowest BCUT2D eigenvalue weighted by molar-refractivity contribution is 0.0783. The van der Waals surface area contributed by atoms with Gasteiger partial charge in [-0.3, -0.25) is 0 Å². The van der Waals surface area contributed by atoms with Crippen molar-refractivity contribution in [1.82, 2.24) is 5.32 Å². The van der Waals surface area contributed by atoms with E-state index >= 15 is 0 Å². The van der Waals surface area contributed by atoms with Gasteiger partial charge in [0.1, 0.15) is 0 Å². The van der Waals surface area contributed by atoms with Crippen molar-refractivity contribution >= 4 is 0 Å². The Morgan fingerprint density at radius 3 is 2.61 bits per heavy atom. The molecule has 3 atom stereocenters. The van der Waals surface area contributed by atoms with Crippen LogP contribution in [0.1, 0.15) is 65.2 Å². The molecule has 104 valence electrons. The van der Waals surface area contributed by atoms with Crippen molar-refractivity contribution in [2.24, 2.45) is 11.3 Å². The SMILES string of the molecule is CC1(C)CCCC(NC2CCOC2C2CC2)CC1. The fourth-order valence-corrected chi connectivity index (χ4v) is 3.81. The predicted molar refractivity (Wildman–Crippen MR) is 74.7 cm³/mol. The van der Waals surface area contributed by atoms with Gasteiger partial charge in [0.25, 0.3) is 0 Å². The molecule has 2 aliphatic carbocycles. The number of hydrogen-bond acceptors (Lipinski definition) is 2. The van der Waals surface area contributed by atoms with E-state index in [0.717, 1.165) is 18.6 Å². The largest absolute Gasteiger partial charge is 0.376 e. The van der Waals surface area contributed by atoms with E-state index in [1.807, 2.05) is 0 Å². The average molecular weight is 251 g/mol. The lowest BCUT2D eigenvalue weighted by Crippen LogP contribution is -2.43. The third-order valence-corrected chi connectivity index (χ3v) is 5.25. The zero-order valence-electron chi connectivity index (χ0n) is 12.1. The van der Waals surface area contributed by atoms with E-state index in [0.29, 0.717) is 17.6 Å². The Morgan fingerprint density at radius 1 is 1.00 bits per heavy atom. The van der Waals surface area contributed by atoms with Crippen LogP contribution in [0.25, 0.3) is 0 Å². The summed E-state index contributed by atoms with van der Waals surface area (Å²) in [5, 5.41) is 3.94. The summed E-state index contributed by atoms with van der Waals surface area (Å²) in [6.45, 7) is 5.85. The van der Waals surface area contributed by atoms with Crippen molar-refractivity contribution in [2.75, 3.05) is 6.61 Å². The highest BCUT2D eigenvalue weighted by molar-refractivity contribution is 4.95. The molecule has 1 saturated heterocycles. The van der Waals surface area contributed by atoms with Crippen LogP contribution in [0.5, 0.6) is 0 Å². The molecule has 1 heterocycles. The Hall–Kier alpha value is -0.0800. The summed E-state index contributed by atoms with van der Waals surface area (Å²) in [7, 11) is 0. The van der Waals surface area contributed by atoms with Gasteiger partial charge in [-0.25, -0.2) is 0 Å². The summed E-state index contributed by atoms with van der Waals surface area (Å²) < 4.78 is 5.94. The van der Waals surface area contributed by atoms with Crippen molar-refractivity contribution in [3.05, 3.63) is 0 Å². The predicted octanol–water partition coefficient (Wildman–Crippen LogP) is 3.50. The highest BCUT2D eigenvalue weighted by Gasteiger charge is 2.41. The van der Waals surface area contributed by atoms with E-state index in [1.54, 1.807) is 0 Å². The van der Waals surface area contributed by atoms with E-state index in [2.05, 4.69) is 19.2 Å². The summed E-state index contributed by atoms with van der Waals surface area (Å²) in [6.07, 6.45) is 11.5. The first-order valence-corrected chi connectivity index (χ1v) is 8.02. The minimum Gasteiger partial charge on any atom is -0.376 e. The topological polar surface area (TPSA) is 21.3 Å². The molecule has 0 spiro atoms. The van der Waals surface area contributed by atoms with Crippen LogP contribution in [-0.4, -0.2) is 24.8 Å². The van der Waals surface area contributed by atoms with Crippen LogP contribution in [0, 0.1) is 11.3 Å². The Labute approximate surface area is 112 Å². The van der Waals surface area contributed by atoms with Crippen molar-refractivity contribution in [3.8, 4) is 0 Å². The minimum atomic E-state index is 0.543. The molecular weight excluding hydrogens is 222 g/mol. The molecule has 2 heteroatoms. The lowest BCUT2D eigenvalue weighted by atomic mass is 9.85. The minimum absolute atomic E-state index is 0.543. The van der Waals surface area contributed by atoms with Crippen molar-refractivity contribution in [2.45, 2.75) is 83.4 Å². The van der Waals surface area contributed by atoms with Crippen LogP contribution in [-0.2, 0) is 4.74 Å². The molecular formula is C16H29NO. The molecule has 0 amide bonds. The lowest BCUT2D eigenvalue weighted by Gasteiger charge is -2.26. The Morgan fingerprint density at radius 2 is 1.83 bits per heavy atom. The van der Waals surface area contributed by atoms with Gasteiger partial charge in [-0.05, 0) is 56.3 Å². The maximum absolute atomic E-state index is 5.94. The van der Waals surface area contributed by atoms with Crippen molar-refractivity contribution in [3.63, 3.8) is 0 Å². The number of nitrogens with one attached hydrogen (secondary N) is 1. The third kappa shape index (κ3) is 3.08. The Balaban J connectivity index is 1.52. The van der Waals surface area contributed by atoms with Crippen LogP contribution in [0.4, 0.5) is 0 Å². The molecule has 0 aromatic rings. The molecule has 3 unspecified atom stereocenters. The molecule has 3 aliphatic rings. The second-order valence-electron chi connectivity index (χ2n) is 7.53. The van der Waals surface area contributed by atoms with Gasteiger partial charge in [0.05, 0.1) is 6.10 Å². The summed E-state index contributed by atoms with van der Waals surface area (Å²) in [6, 6.07) is 1.41. The first-order chi connectivity index (χ1) is 8.64. The van der Waals surface area contributed by atoms with E-state index in [1.165, 1.54) is 51.4 Å². The fourth-order valence-electron chi connectivity index (χ4n) is 3.81. The maximum atomic E-state index is 5.94. The Bertz CT molecular complexity index is 285. The molecule has 1 aliphatic heterocycles. The Kier molecular flexibility index (Phi) is 3.68. The summed E-state index contributed by atoms with van der Waals surface area (Å²) in [4.78, 5) is 0. The maximum Gasteiger partial charge on any atom is 0.0757 e. The van der Waals surface area contributed by atoms with E-state index in [-0.39, 0.29) is 0 Å². The summed E-state index contributed by atoms with van der Waals surface area (Å²) >= 11 is 0. The van der Waals surface area contributed by atoms with Crippen LogP contribution in [0.2, 0.25) is 0 Å². The second-order valence-corrected chi connectivity index (χ2v) is 7.53. The fraction of sp³-hybridized carbons (Fsp3) is 1.00. The van der Waals surface area contributed by atoms with Gasteiger partial charge < -0.3 is 10.1 Å². The number of rotatable bonds is 3. The van der Waals surface area contributed by atoms with Crippen LogP contribution < -0.4 is 5.32 Å². The molecule has 18 heavy (non-hydrogen) atoms. The van der Waals surface area contributed by atoms with E-state index in [9.17, 15) is 0 Å². The van der Waals surface area contributed by atoms with Crippen LogP contribution >= 0.6 is 0 Å². The first kappa shape index (κ1) is 12.9. The smallest absolute Gasteiger partial charge is 0.0757 e. The quantitative estimate of drug-likeness (QED) is 0.775. The zero-order valence-corrected chi connectivity index (χ0v) is 12.1. The van der Waals surface area contributed by atoms with Crippen LogP contribution in [0.15, 0.2) is 0 Å². The number of ether oxygens (including phenoxy) is 1. The van der Waals surface area contributed by atoms with Gasteiger partial charge >= 0.3 is 0 Å². The monoisotopic (exact) mass is 251 g/mol. The average Bonchev–Trinajstić information content (AvgIpc) is 3.08. The molecule has 1 N–H and O–H groups in total. The molecule has 0 radical (unpaired) electrons. The molecule has 0 aromatic heterocycles. The van der Waals surface area contributed by atoms with Gasteiger partial charge in [-0.2, -0.15) is 0 Å². The van der Waals surface area contributed by atoms with Crippen molar-refractivity contribution < 1.29 is 4.74 Å².